The van der Waals surface area contributed by atoms with Gasteiger partial charge in [0.15, 0.2) is 0 Å². The second-order valence-electron chi connectivity index (χ2n) is 4.82. The van der Waals surface area contributed by atoms with Crippen molar-refractivity contribution in [3.05, 3.63) is 34.1 Å². The topological polar surface area (TPSA) is 29.5 Å². The van der Waals surface area contributed by atoms with Crippen LogP contribution in [0.25, 0.3) is 0 Å². The van der Waals surface area contributed by atoms with E-state index in [1.54, 1.807) is 12.1 Å². The van der Waals surface area contributed by atoms with Gasteiger partial charge in [0, 0.05) is 6.54 Å². The zero-order valence-corrected chi connectivity index (χ0v) is 12.5. The van der Waals surface area contributed by atoms with Crippen LogP contribution < -0.4 is 0 Å². The number of nitrogens with zero attached hydrogens (tertiary/aromatic N) is 1. The summed E-state index contributed by atoms with van der Waals surface area (Å²) in [5.74, 6) is -0.334. The molecule has 3 nitrogen and oxygen atoms in total. The number of piperidine rings is 1. The van der Waals surface area contributed by atoms with Crippen molar-refractivity contribution in [2.45, 2.75) is 19.4 Å². The van der Waals surface area contributed by atoms with Gasteiger partial charge in [-0.15, -0.1) is 0 Å². The van der Waals surface area contributed by atoms with Gasteiger partial charge in [0.25, 0.3) is 0 Å². The van der Waals surface area contributed by atoms with Gasteiger partial charge in [-0.2, -0.15) is 0 Å². The molecule has 0 amide bonds. The van der Waals surface area contributed by atoms with Crippen molar-refractivity contribution in [1.82, 2.24) is 4.90 Å². The molecule has 1 saturated heterocycles. The van der Waals surface area contributed by atoms with Crippen molar-refractivity contribution >= 4 is 21.9 Å². The Hall–Kier alpha value is -0.940. The number of rotatable bonds is 3. The second kappa shape index (κ2) is 6.48. The molecule has 0 atom stereocenters. The summed E-state index contributed by atoms with van der Waals surface area (Å²) in [6.45, 7) is 2.41. The number of halogens is 2. The highest BCUT2D eigenvalue weighted by atomic mass is 79.9. The minimum atomic E-state index is -0.234. The van der Waals surface area contributed by atoms with Gasteiger partial charge in [0.1, 0.15) is 5.82 Å². The van der Waals surface area contributed by atoms with E-state index in [9.17, 15) is 9.18 Å². The van der Waals surface area contributed by atoms with Crippen molar-refractivity contribution in [2.75, 3.05) is 20.2 Å². The number of methoxy groups -OCH3 is 1. The number of ether oxygens (including phenoxy) is 1. The lowest BCUT2D eigenvalue weighted by atomic mass is 9.96. The molecule has 1 aromatic rings. The summed E-state index contributed by atoms with van der Waals surface area (Å²) in [6.07, 6.45) is 1.62. The molecule has 0 aromatic heterocycles. The first-order valence-corrected chi connectivity index (χ1v) is 7.13. The smallest absolute Gasteiger partial charge is 0.308 e. The summed E-state index contributed by atoms with van der Waals surface area (Å²) >= 11 is 3.15. The number of carbonyl (C=O) groups excluding carboxylic acids is 1. The van der Waals surface area contributed by atoms with Gasteiger partial charge >= 0.3 is 5.97 Å². The molecule has 5 heteroatoms. The molecule has 0 saturated carbocycles. The Morgan fingerprint density at radius 2 is 2.16 bits per heavy atom. The summed E-state index contributed by atoms with van der Waals surface area (Å²) in [5.41, 5.74) is 0.956. The summed E-state index contributed by atoms with van der Waals surface area (Å²) in [4.78, 5) is 13.7. The van der Waals surface area contributed by atoms with Gasteiger partial charge in [-0.05, 0) is 59.6 Å². The van der Waals surface area contributed by atoms with Crippen molar-refractivity contribution in [3.63, 3.8) is 0 Å². The third-order valence-corrected chi connectivity index (χ3v) is 4.16. The van der Waals surface area contributed by atoms with Crippen molar-refractivity contribution in [3.8, 4) is 0 Å². The molecule has 2 rings (SSSR count). The molecule has 1 aromatic carbocycles. The Balaban J connectivity index is 1.88. The third-order valence-electron chi connectivity index (χ3n) is 3.51. The lowest BCUT2D eigenvalue weighted by molar-refractivity contribution is -0.147. The number of likely N-dealkylation sites (tertiary alicyclic amines) is 1. The van der Waals surface area contributed by atoms with Crippen LogP contribution in [0.1, 0.15) is 18.4 Å². The molecule has 1 fully saturated rings. The Morgan fingerprint density at radius 3 is 2.74 bits per heavy atom. The zero-order chi connectivity index (χ0) is 13.8. The number of carbonyl (C=O) groups is 1. The molecule has 1 heterocycles. The molecular formula is C14H17BrFNO2. The van der Waals surface area contributed by atoms with Crippen LogP contribution in [0.2, 0.25) is 0 Å². The summed E-state index contributed by atoms with van der Waals surface area (Å²) in [7, 11) is 1.43. The van der Waals surface area contributed by atoms with E-state index in [2.05, 4.69) is 20.8 Å². The van der Waals surface area contributed by atoms with Crippen molar-refractivity contribution < 1.29 is 13.9 Å². The summed E-state index contributed by atoms with van der Waals surface area (Å²) in [5, 5.41) is 0. The van der Waals surface area contributed by atoms with Crippen LogP contribution >= 0.6 is 15.9 Å². The fourth-order valence-corrected chi connectivity index (χ4v) is 2.64. The standard InChI is InChI=1S/C14H17BrFNO2/c1-19-14(18)11-4-6-17(7-5-11)9-10-2-3-12(15)13(16)8-10/h2-3,8,11H,4-7,9H2,1H3. The van der Waals surface area contributed by atoms with Gasteiger partial charge < -0.3 is 4.74 Å². The molecule has 0 unspecified atom stereocenters. The van der Waals surface area contributed by atoms with Crippen LogP contribution in [-0.2, 0) is 16.1 Å². The first-order chi connectivity index (χ1) is 9.10. The Labute approximate surface area is 120 Å². The fraction of sp³-hybridized carbons (Fsp3) is 0.500. The first kappa shape index (κ1) is 14.5. The highest BCUT2D eigenvalue weighted by Crippen LogP contribution is 2.22. The van der Waals surface area contributed by atoms with Crippen LogP contribution in [-0.4, -0.2) is 31.1 Å². The molecular weight excluding hydrogens is 313 g/mol. The van der Waals surface area contributed by atoms with Gasteiger partial charge in [-0.1, -0.05) is 6.07 Å². The van der Waals surface area contributed by atoms with Crippen LogP contribution in [0.4, 0.5) is 4.39 Å². The predicted octanol–water partition coefficient (Wildman–Crippen LogP) is 2.97. The molecule has 1 aliphatic rings. The van der Waals surface area contributed by atoms with Gasteiger partial charge in [0.2, 0.25) is 0 Å². The highest BCUT2D eigenvalue weighted by molar-refractivity contribution is 9.10. The van der Waals surface area contributed by atoms with E-state index in [-0.39, 0.29) is 17.7 Å². The average molecular weight is 330 g/mol. The Bertz CT molecular complexity index is 459. The van der Waals surface area contributed by atoms with E-state index in [0.717, 1.165) is 38.0 Å². The van der Waals surface area contributed by atoms with E-state index >= 15 is 0 Å². The van der Waals surface area contributed by atoms with Crippen LogP contribution in [0.15, 0.2) is 22.7 Å². The predicted molar refractivity (Wildman–Crippen MR) is 74.1 cm³/mol. The van der Waals surface area contributed by atoms with Gasteiger partial charge in [0.05, 0.1) is 17.5 Å². The third kappa shape index (κ3) is 3.76. The van der Waals surface area contributed by atoms with Crippen LogP contribution in [0, 0.1) is 11.7 Å². The number of hydrogen-bond acceptors (Lipinski definition) is 3. The van der Waals surface area contributed by atoms with Crippen LogP contribution in [0.3, 0.4) is 0 Å². The van der Waals surface area contributed by atoms with Crippen molar-refractivity contribution in [2.24, 2.45) is 5.92 Å². The normalized spacial score (nSPS) is 17.4. The number of hydrogen-bond donors (Lipinski definition) is 0. The summed E-state index contributed by atoms with van der Waals surface area (Å²) in [6, 6.07) is 5.20. The van der Waals surface area contributed by atoms with Crippen molar-refractivity contribution in [1.29, 1.82) is 0 Å². The monoisotopic (exact) mass is 329 g/mol. The first-order valence-electron chi connectivity index (χ1n) is 6.34. The maximum Gasteiger partial charge on any atom is 0.308 e. The largest absolute Gasteiger partial charge is 0.469 e. The second-order valence-corrected chi connectivity index (χ2v) is 5.68. The highest BCUT2D eigenvalue weighted by Gasteiger charge is 2.25. The van der Waals surface area contributed by atoms with E-state index in [1.165, 1.54) is 7.11 Å². The zero-order valence-electron chi connectivity index (χ0n) is 10.9. The maximum absolute atomic E-state index is 13.4. The van der Waals surface area contributed by atoms with Gasteiger partial charge in [-0.25, -0.2) is 4.39 Å². The molecule has 104 valence electrons. The maximum atomic E-state index is 13.4. The SMILES string of the molecule is COC(=O)C1CCN(Cc2ccc(Br)c(F)c2)CC1. The molecule has 0 N–H and O–H groups in total. The minimum absolute atomic E-state index is 0.0166. The van der Waals surface area contributed by atoms with Gasteiger partial charge in [-0.3, -0.25) is 9.69 Å². The Kier molecular flexibility index (Phi) is 4.93. The quantitative estimate of drug-likeness (QED) is 0.798. The Morgan fingerprint density at radius 1 is 1.47 bits per heavy atom. The molecule has 0 aliphatic carbocycles. The molecule has 1 aliphatic heterocycles. The van der Waals surface area contributed by atoms with E-state index < -0.39 is 0 Å². The minimum Gasteiger partial charge on any atom is -0.469 e. The molecule has 0 bridgehead atoms. The molecule has 0 spiro atoms. The van der Waals surface area contributed by atoms with Crippen LogP contribution in [0.5, 0.6) is 0 Å². The lowest BCUT2D eigenvalue weighted by Crippen LogP contribution is -2.36. The van der Waals surface area contributed by atoms with E-state index in [4.69, 9.17) is 4.74 Å². The van der Waals surface area contributed by atoms with E-state index in [1.807, 2.05) is 6.07 Å². The van der Waals surface area contributed by atoms with E-state index in [0.29, 0.717) is 4.47 Å². The lowest BCUT2D eigenvalue weighted by Gasteiger charge is -2.30. The summed E-state index contributed by atoms with van der Waals surface area (Å²) < 4.78 is 18.7. The fourth-order valence-electron chi connectivity index (χ4n) is 2.39. The number of esters is 1. The average Bonchev–Trinajstić information content (AvgIpc) is 2.43. The number of benzene rings is 1. The molecule has 19 heavy (non-hydrogen) atoms. The molecule has 0 radical (unpaired) electrons.